The monoisotopic (exact) mass is 344 g/mol. The minimum Gasteiger partial charge on any atom is -0.378 e. The van der Waals surface area contributed by atoms with Crippen LogP contribution < -0.4 is 4.90 Å². The third-order valence-corrected chi connectivity index (χ3v) is 4.71. The van der Waals surface area contributed by atoms with Crippen LogP contribution in [0.3, 0.4) is 0 Å². The van der Waals surface area contributed by atoms with Crippen molar-refractivity contribution in [3.05, 3.63) is 29.3 Å². The first-order chi connectivity index (χ1) is 12.2. The van der Waals surface area contributed by atoms with Crippen molar-refractivity contribution < 1.29 is 9.26 Å². The molecule has 0 unspecified atom stereocenters. The lowest BCUT2D eigenvalue weighted by Gasteiger charge is -2.33. The number of nitrogens with zero attached hydrogens (tertiary/aromatic N) is 6. The van der Waals surface area contributed by atoms with Gasteiger partial charge in [0.15, 0.2) is 5.82 Å². The molecule has 0 radical (unpaired) electrons. The summed E-state index contributed by atoms with van der Waals surface area (Å²) in [5.74, 6) is 2.75. The van der Waals surface area contributed by atoms with Gasteiger partial charge in [0.1, 0.15) is 12.1 Å². The molecule has 2 aliphatic heterocycles. The summed E-state index contributed by atoms with van der Waals surface area (Å²) in [4.78, 5) is 18.2. The van der Waals surface area contributed by atoms with Gasteiger partial charge < -0.3 is 14.2 Å². The van der Waals surface area contributed by atoms with Crippen molar-refractivity contribution >= 4 is 5.82 Å². The number of anilines is 1. The molecule has 2 aromatic rings. The Kier molecular flexibility index (Phi) is 4.63. The Morgan fingerprint density at radius 1 is 1.16 bits per heavy atom. The Hall–Kier alpha value is -2.06. The molecular formula is C17H24N6O2. The molecule has 0 aromatic carbocycles. The second-order valence-corrected chi connectivity index (χ2v) is 6.89. The van der Waals surface area contributed by atoms with Crippen LogP contribution in [0.2, 0.25) is 0 Å². The number of hydrogen-bond acceptors (Lipinski definition) is 8. The summed E-state index contributed by atoms with van der Waals surface area (Å²) in [6.07, 6.45) is 2.61. The van der Waals surface area contributed by atoms with Crippen LogP contribution in [0.15, 0.2) is 10.9 Å². The zero-order valence-corrected chi connectivity index (χ0v) is 14.8. The fourth-order valence-corrected chi connectivity index (χ4v) is 3.33. The van der Waals surface area contributed by atoms with Crippen LogP contribution in [0.1, 0.15) is 42.7 Å². The van der Waals surface area contributed by atoms with Crippen molar-refractivity contribution in [3.8, 4) is 0 Å². The number of ether oxygens (including phenoxy) is 1. The lowest BCUT2D eigenvalue weighted by atomic mass is 10.1. The standard InChI is InChI=1S/C17H24N6O2/c1-12(2)17-20-15(21-25-17)10-22-4-3-14-13(9-22)16(19-11-18-14)23-5-7-24-8-6-23/h11-12H,3-10H2,1-2H3. The van der Waals surface area contributed by atoms with E-state index in [4.69, 9.17) is 9.26 Å². The highest BCUT2D eigenvalue weighted by Crippen LogP contribution is 2.27. The van der Waals surface area contributed by atoms with Crippen molar-refractivity contribution in [2.45, 2.75) is 39.3 Å². The van der Waals surface area contributed by atoms with E-state index in [0.29, 0.717) is 12.4 Å². The molecule has 8 nitrogen and oxygen atoms in total. The molecule has 8 heteroatoms. The van der Waals surface area contributed by atoms with E-state index < -0.39 is 0 Å². The van der Waals surface area contributed by atoms with Gasteiger partial charge in [0.2, 0.25) is 5.89 Å². The third kappa shape index (κ3) is 3.50. The second kappa shape index (κ2) is 7.05. The predicted molar refractivity (Wildman–Crippen MR) is 91.3 cm³/mol. The summed E-state index contributed by atoms with van der Waals surface area (Å²) in [6, 6.07) is 0. The number of morpholine rings is 1. The summed E-state index contributed by atoms with van der Waals surface area (Å²) in [7, 11) is 0. The van der Waals surface area contributed by atoms with Gasteiger partial charge in [0.05, 0.1) is 25.5 Å². The van der Waals surface area contributed by atoms with E-state index in [2.05, 4.69) is 43.8 Å². The largest absolute Gasteiger partial charge is 0.378 e. The Balaban J connectivity index is 1.51. The average molecular weight is 344 g/mol. The third-order valence-electron chi connectivity index (χ3n) is 4.71. The number of rotatable bonds is 4. The van der Waals surface area contributed by atoms with E-state index in [0.717, 1.165) is 63.1 Å². The van der Waals surface area contributed by atoms with E-state index in [9.17, 15) is 0 Å². The van der Waals surface area contributed by atoms with Crippen molar-refractivity contribution in [1.82, 2.24) is 25.0 Å². The quantitative estimate of drug-likeness (QED) is 0.823. The lowest BCUT2D eigenvalue weighted by Crippen LogP contribution is -2.39. The maximum absolute atomic E-state index is 5.46. The first kappa shape index (κ1) is 16.4. The van der Waals surface area contributed by atoms with Gasteiger partial charge in [-0.1, -0.05) is 19.0 Å². The number of hydrogen-bond donors (Lipinski definition) is 0. The fourth-order valence-electron chi connectivity index (χ4n) is 3.33. The van der Waals surface area contributed by atoms with Gasteiger partial charge in [0.25, 0.3) is 0 Å². The van der Waals surface area contributed by atoms with Crippen molar-refractivity contribution in [1.29, 1.82) is 0 Å². The fraction of sp³-hybridized carbons (Fsp3) is 0.647. The Bertz CT molecular complexity index is 726. The summed E-state index contributed by atoms with van der Waals surface area (Å²) in [5.41, 5.74) is 2.38. The Morgan fingerprint density at radius 3 is 2.76 bits per heavy atom. The van der Waals surface area contributed by atoms with Gasteiger partial charge in [-0.25, -0.2) is 9.97 Å². The summed E-state index contributed by atoms with van der Waals surface area (Å²) >= 11 is 0. The molecule has 0 N–H and O–H groups in total. The van der Waals surface area contributed by atoms with Crippen LogP contribution in [-0.2, 0) is 24.2 Å². The van der Waals surface area contributed by atoms with Crippen LogP contribution in [0, 0.1) is 0 Å². The van der Waals surface area contributed by atoms with Gasteiger partial charge in [-0.05, 0) is 0 Å². The van der Waals surface area contributed by atoms with Gasteiger partial charge in [-0.3, -0.25) is 4.90 Å². The first-order valence-electron chi connectivity index (χ1n) is 8.91. The van der Waals surface area contributed by atoms with E-state index in [1.54, 1.807) is 6.33 Å². The van der Waals surface area contributed by atoms with Crippen molar-refractivity contribution in [2.75, 3.05) is 37.7 Å². The molecule has 0 amide bonds. The molecule has 0 saturated carbocycles. The molecule has 1 fully saturated rings. The first-order valence-corrected chi connectivity index (χ1v) is 8.91. The highest BCUT2D eigenvalue weighted by molar-refractivity contribution is 5.49. The molecule has 1 saturated heterocycles. The van der Waals surface area contributed by atoms with E-state index >= 15 is 0 Å². The molecule has 134 valence electrons. The molecule has 2 aromatic heterocycles. The van der Waals surface area contributed by atoms with E-state index in [-0.39, 0.29) is 5.92 Å². The molecular weight excluding hydrogens is 320 g/mol. The van der Waals surface area contributed by atoms with Gasteiger partial charge in [0, 0.05) is 44.1 Å². The maximum Gasteiger partial charge on any atom is 0.229 e. The minimum atomic E-state index is 0.254. The topological polar surface area (TPSA) is 80.4 Å². The molecule has 4 rings (SSSR count). The van der Waals surface area contributed by atoms with Crippen molar-refractivity contribution in [2.24, 2.45) is 0 Å². The Labute approximate surface area is 147 Å². The smallest absolute Gasteiger partial charge is 0.229 e. The average Bonchev–Trinajstić information content (AvgIpc) is 3.11. The molecule has 0 spiro atoms. The van der Waals surface area contributed by atoms with Gasteiger partial charge >= 0.3 is 0 Å². The number of fused-ring (bicyclic) bond motifs is 1. The normalized spacial score (nSPS) is 18.6. The van der Waals surface area contributed by atoms with Crippen LogP contribution in [0.5, 0.6) is 0 Å². The van der Waals surface area contributed by atoms with Crippen LogP contribution in [0.25, 0.3) is 0 Å². The van der Waals surface area contributed by atoms with Gasteiger partial charge in [-0.15, -0.1) is 0 Å². The molecule has 25 heavy (non-hydrogen) atoms. The molecule has 4 heterocycles. The van der Waals surface area contributed by atoms with E-state index in [1.165, 1.54) is 5.56 Å². The maximum atomic E-state index is 5.46. The minimum absolute atomic E-state index is 0.254. The number of aromatic nitrogens is 4. The molecule has 0 aliphatic carbocycles. The van der Waals surface area contributed by atoms with Crippen molar-refractivity contribution in [3.63, 3.8) is 0 Å². The summed E-state index contributed by atoms with van der Waals surface area (Å²) in [6.45, 7) is 9.82. The highest BCUT2D eigenvalue weighted by Gasteiger charge is 2.25. The van der Waals surface area contributed by atoms with Crippen LogP contribution >= 0.6 is 0 Å². The zero-order valence-electron chi connectivity index (χ0n) is 14.8. The lowest BCUT2D eigenvalue weighted by molar-refractivity contribution is 0.122. The summed E-state index contributed by atoms with van der Waals surface area (Å²) in [5, 5.41) is 4.11. The van der Waals surface area contributed by atoms with E-state index in [1.807, 2.05) is 0 Å². The van der Waals surface area contributed by atoms with Crippen LogP contribution in [-0.4, -0.2) is 57.9 Å². The Morgan fingerprint density at radius 2 is 2.00 bits per heavy atom. The van der Waals surface area contributed by atoms with Gasteiger partial charge in [-0.2, -0.15) is 4.98 Å². The van der Waals surface area contributed by atoms with Crippen LogP contribution in [0.4, 0.5) is 5.82 Å². The molecule has 0 atom stereocenters. The predicted octanol–water partition coefficient (Wildman–Crippen LogP) is 1.38. The second-order valence-electron chi connectivity index (χ2n) is 6.89. The molecule has 0 bridgehead atoms. The zero-order chi connectivity index (χ0) is 17.2. The SMILES string of the molecule is CC(C)c1nc(CN2CCc3ncnc(N4CCOCC4)c3C2)no1. The summed E-state index contributed by atoms with van der Waals surface area (Å²) < 4.78 is 10.8. The highest BCUT2D eigenvalue weighted by atomic mass is 16.5. The molecule has 2 aliphatic rings.